The molecule has 7 heteroatoms. The van der Waals surface area contributed by atoms with Gasteiger partial charge in [0, 0.05) is 46.3 Å². The second-order valence-electron chi connectivity index (χ2n) is 7.78. The van der Waals surface area contributed by atoms with Crippen LogP contribution in [0.3, 0.4) is 0 Å². The largest absolute Gasteiger partial charge is 0.356 e. The van der Waals surface area contributed by atoms with Crippen LogP contribution in [-0.2, 0) is 19.5 Å². The first-order valence-electron chi connectivity index (χ1n) is 11.0. The van der Waals surface area contributed by atoms with Crippen LogP contribution in [0.5, 0.6) is 0 Å². The maximum absolute atomic E-state index is 12.1. The van der Waals surface area contributed by atoms with Crippen LogP contribution in [-0.4, -0.2) is 62.4 Å². The number of carbonyl (C=O) groups is 1. The summed E-state index contributed by atoms with van der Waals surface area (Å²) < 4.78 is 0. The number of benzene rings is 2. The minimum absolute atomic E-state index is 0. The van der Waals surface area contributed by atoms with Crippen LogP contribution >= 0.6 is 24.0 Å². The molecule has 0 aliphatic rings. The molecule has 0 fully saturated rings. The zero-order chi connectivity index (χ0) is 22.6. The summed E-state index contributed by atoms with van der Waals surface area (Å²) in [6, 6.07) is 16.5. The van der Waals surface area contributed by atoms with Crippen LogP contribution in [0, 0.1) is 0 Å². The summed E-state index contributed by atoms with van der Waals surface area (Å²) in [6.45, 7) is 8.97. The number of halogens is 1. The predicted molar refractivity (Wildman–Crippen MR) is 145 cm³/mol. The van der Waals surface area contributed by atoms with Crippen molar-refractivity contribution in [2.24, 2.45) is 4.99 Å². The van der Waals surface area contributed by atoms with E-state index in [1.807, 2.05) is 24.3 Å². The third-order valence-corrected chi connectivity index (χ3v) is 5.29. The van der Waals surface area contributed by atoms with Crippen LogP contribution in [0.25, 0.3) is 0 Å². The maximum atomic E-state index is 12.1. The zero-order valence-electron chi connectivity index (χ0n) is 20.0. The Bertz CT molecular complexity index is 848. The Balaban J connectivity index is 0.00000512. The molecule has 0 aliphatic carbocycles. The fourth-order valence-corrected chi connectivity index (χ4v) is 3.32. The summed E-state index contributed by atoms with van der Waals surface area (Å²) in [5.41, 5.74) is 4.40. The van der Waals surface area contributed by atoms with Crippen molar-refractivity contribution in [3.8, 4) is 0 Å². The topological polar surface area (TPSA) is 60.0 Å². The van der Waals surface area contributed by atoms with E-state index in [1.165, 1.54) is 11.1 Å². The lowest BCUT2D eigenvalue weighted by atomic mass is 10.1. The van der Waals surface area contributed by atoms with E-state index in [2.05, 4.69) is 58.6 Å². The average Bonchev–Trinajstić information content (AvgIpc) is 2.80. The molecule has 0 aliphatic heterocycles. The summed E-state index contributed by atoms with van der Waals surface area (Å²) in [7, 11) is 5.31. The van der Waals surface area contributed by atoms with Crippen molar-refractivity contribution in [1.29, 1.82) is 0 Å². The molecule has 2 rings (SSSR count). The molecule has 6 nitrogen and oxygen atoms in total. The lowest BCUT2D eigenvalue weighted by Crippen LogP contribution is -2.37. The maximum Gasteiger partial charge on any atom is 0.253 e. The molecule has 2 aromatic rings. The monoisotopic (exact) mass is 551 g/mol. The van der Waals surface area contributed by atoms with Crippen LogP contribution in [0.4, 0.5) is 0 Å². The van der Waals surface area contributed by atoms with Gasteiger partial charge in [0.2, 0.25) is 0 Å². The van der Waals surface area contributed by atoms with Gasteiger partial charge in [-0.15, -0.1) is 24.0 Å². The fraction of sp³-hybridized carbons (Fsp3) is 0.440. The lowest BCUT2D eigenvalue weighted by molar-refractivity contribution is 0.0827. The Kier molecular flexibility index (Phi) is 12.9. The molecular formula is C25H38IN5O. The summed E-state index contributed by atoms with van der Waals surface area (Å²) in [5.74, 6) is 0.795. The Labute approximate surface area is 210 Å². The van der Waals surface area contributed by atoms with Gasteiger partial charge in [0.25, 0.3) is 5.91 Å². The van der Waals surface area contributed by atoms with E-state index in [0.29, 0.717) is 0 Å². The van der Waals surface area contributed by atoms with E-state index < -0.39 is 0 Å². The molecule has 0 saturated carbocycles. The number of nitrogens with zero attached hydrogens (tertiary/aromatic N) is 3. The first kappa shape index (κ1) is 27.9. The highest BCUT2D eigenvalue weighted by atomic mass is 127. The molecule has 2 aromatic carbocycles. The van der Waals surface area contributed by atoms with Gasteiger partial charge in [0.1, 0.15) is 0 Å². The van der Waals surface area contributed by atoms with E-state index in [-0.39, 0.29) is 29.9 Å². The fourth-order valence-electron chi connectivity index (χ4n) is 3.32. The predicted octanol–water partition coefficient (Wildman–Crippen LogP) is 3.76. The molecule has 0 bridgehead atoms. The number of nitrogens with one attached hydrogen (secondary N) is 2. The first-order chi connectivity index (χ1) is 15.0. The molecule has 32 heavy (non-hydrogen) atoms. The van der Waals surface area contributed by atoms with Crippen molar-refractivity contribution in [2.45, 2.75) is 33.4 Å². The number of amides is 1. The second-order valence-corrected chi connectivity index (χ2v) is 7.78. The van der Waals surface area contributed by atoms with Gasteiger partial charge < -0.3 is 15.5 Å². The minimum Gasteiger partial charge on any atom is -0.356 e. The Hall–Kier alpha value is -2.13. The molecule has 0 atom stereocenters. The molecule has 0 aromatic heterocycles. The Morgan fingerprint density at radius 1 is 0.938 bits per heavy atom. The van der Waals surface area contributed by atoms with Gasteiger partial charge in [-0.2, -0.15) is 0 Å². The van der Waals surface area contributed by atoms with Crippen molar-refractivity contribution in [3.05, 3.63) is 70.8 Å². The zero-order valence-corrected chi connectivity index (χ0v) is 22.3. The van der Waals surface area contributed by atoms with Gasteiger partial charge in [-0.3, -0.25) is 14.7 Å². The number of aliphatic imine (C=N–C) groups is 1. The summed E-state index contributed by atoms with van der Waals surface area (Å²) in [5, 5.41) is 6.72. The van der Waals surface area contributed by atoms with Gasteiger partial charge in [-0.1, -0.05) is 50.2 Å². The van der Waals surface area contributed by atoms with Crippen LogP contribution in [0.2, 0.25) is 0 Å². The Morgan fingerprint density at radius 2 is 1.59 bits per heavy atom. The molecular weight excluding hydrogens is 513 g/mol. The van der Waals surface area contributed by atoms with Crippen molar-refractivity contribution in [2.75, 3.05) is 40.8 Å². The Morgan fingerprint density at radius 3 is 2.19 bits per heavy atom. The molecule has 0 radical (unpaired) electrons. The highest BCUT2D eigenvalue weighted by Gasteiger charge is 2.08. The van der Waals surface area contributed by atoms with Gasteiger partial charge >= 0.3 is 0 Å². The summed E-state index contributed by atoms with van der Waals surface area (Å²) in [6.07, 6.45) is 0.815. The molecule has 2 N–H and O–H groups in total. The molecule has 0 saturated heterocycles. The third kappa shape index (κ3) is 9.16. The minimum atomic E-state index is 0. The highest BCUT2D eigenvalue weighted by molar-refractivity contribution is 14.0. The number of carbonyl (C=O) groups excluding carboxylic acids is 1. The van der Waals surface area contributed by atoms with Gasteiger partial charge in [0.15, 0.2) is 5.96 Å². The lowest BCUT2D eigenvalue weighted by Gasteiger charge is -2.18. The number of hydrogen-bond donors (Lipinski definition) is 2. The van der Waals surface area contributed by atoms with E-state index in [1.54, 1.807) is 26.0 Å². The second kappa shape index (κ2) is 14.8. The van der Waals surface area contributed by atoms with Crippen molar-refractivity contribution in [3.63, 3.8) is 0 Å². The van der Waals surface area contributed by atoms with Crippen molar-refractivity contribution < 1.29 is 4.79 Å². The van der Waals surface area contributed by atoms with Crippen LogP contribution < -0.4 is 10.6 Å². The standard InChI is InChI=1S/C25H37N5O.HI/c1-6-30(7-2)19-22-13-11-21(12-14-22)18-28-25(26-3)27-16-15-20-9-8-10-23(17-20)24(31)29(4)5;/h8-14,17H,6-7,15-16,18-19H2,1-5H3,(H2,26,27,28);1H. The third-order valence-electron chi connectivity index (χ3n) is 5.29. The average molecular weight is 552 g/mol. The quantitative estimate of drug-likeness (QED) is 0.268. The highest BCUT2D eigenvalue weighted by Crippen LogP contribution is 2.09. The summed E-state index contributed by atoms with van der Waals surface area (Å²) in [4.78, 5) is 20.4. The van der Waals surface area contributed by atoms with E-state index in [0.717, 1.165) is 56.2 Å². The normalized spacial score (nSPS) is 11.1. The molecule has 0 spiro atoms. The first-order valence-corrected chi connectivity index (χ1v) is 11.0. The van der Waals surface area contributed by atoms with Crippen molar-refractivity contribution in [1.82, 2.24) is 20.4 Å². The van der Waals surface area contributed by atoms with Gasteiger partial charge in [0.05, 0.1) is 0 Å². The molecule has 1 amide bonds. The number of hydrogen-bond acceptors (Lipinski definition) is 3. The van der Waals surface area contributed by atoms with Crippen molar-refractivity contribution >= 4 is 35.8 Å². The van der Waals surface area contributed by atoms with E-state index >= 15 is 0 Å². The van der Waals surface area contributed by atoms with Gasteiger partial charge in [-0.25, -0.2) is 0 Å². The SMILES string of the molecule is CCN(CC)Cc1ccc(CNC(=NC)NCCc2cccc(C(=O)N(C)C)c2)cc1.I. The molecule has 0 unspecified atom stereocenters. The summed E-state index contributed by atoms with van der Waals surface area (Å²) >= 11 is 0. The van der Waals surface area contributed by atoms with E-state index in [9.17, 15) is 4.79 Å². The van der Waals surface area contributed by atoms with Crippen LogP contribution in [0.15, 0.2) is 53.5 Å². The smallest absolute Gasteiger partial charge is 0.253 e. The molecule has 176 valence electrons. The van der Waals surface area contributed by atoms with Crippen LogP contribution in [0.1, 0.15) is 40.9 Å². The number of rotatable bonds is 10. The number of guanidine groups is 1. The van der Waals surface area contributed by atoms with E-state index in [4.69, 9.17) is 0 Å². The molecule has 0 heterocycles. The van der Waals surface area contributed by atoms with Gasteiger partial charge in [-0.05, 0) is 48.3 Å².